The summed E-state index contributed by atoms with van der Waals surface area (Å²) in [7, 11) is 0. The van der Waals surface area contributed by atoms with E-state index in [1.54, 1.807) is 0 Å². The Balaban J connectivity index is 1.43. The van der Waals surface area contributed by atoms with E-state index in [4.69, 9.17) is 0 Å². The molecular formula is C20H24IN3O. The largest absolute Gasteiger partial charge is 0.369 e. The van der Waals surface area contributed by atoms with Crippen LogP contribution in [0.2, 0.25) is 0 Å². The van der Waals surface area contributed by atoms with Crippen LogP contribution in [0.1, 0.15) is 15.9 Å². The summed E-state index contributed by atoms with van der Waals surface area (Å²) >= 11 is 2.25. The van der Waals surface area contributed by atoms with Crippen LogP contribution in [0.4, 0.5) is 5.69 Å². The first-order chi connectivity index (χ1) is 12.1. The summed E-state index contributed by atoms with van der Waals surface area (Å²) in [6, 6.07) is 16.4. The van der Waals surface area contributed by atoms with Crippen molar-refractivity contribution in [2.75, 3.05) is 44.2 Å². The topological polar surface area (TPSA) is 35.6 Å². The van der Waals surface area contributed by atoms with Gasteiger partial charge in [0.15, 0.2) is 0 Å². The average molecular weight is 449 g/mol. The molecule has 0 bridgehead atoms. The zero-order valence-electron chi connectivity index (χ0n) is 14.5. The highest BCUT2D eigenvalue weighted by Gasteiger charge is 2.17. The predicted molar refractivity (Wildman–Crippen MR) is 111 cm³/mol. The number of hydrogen-bond donors (Lipinski definition) is 1. The molecule has 1 amide bonds. The molecule has 132 valence electrons. The Bertz CT molecular complexity index is 712. The van der Waals surface area contributed by atoms with Crippen molar-refractivity contribution in [3.8, 4) is 0 Å². The van der Waals surface area contributed by atoms with Crippen LogP contribution in [0.5, 0.6) is 0 Å². The molecule has 0 saturated carbocycles. The van der Waals surface area contributed by atoms with E-state index in [9.17, 15) is 4.79 Å². The number of benzene rings is 2. The van der Waals surface area contributed by atoms with Crippen molar-refractivity contribution in [3.63, 3.8) is 0 Å². The number of piperazine rings is 1. The molecule has 3 rings (SSSR count). The van der Waals surface area contributed by atoms with Crippen LogP contribution in [0, 0.1) is 10.5 Å². The molecule has 2 aromatic carbocycles. The van der Waals surface area contributed by atoms with Crippen molar-refractivity contribution >= 4 is 34.2 Å². The molecule has 0 spiro atoms. The van der Waals surface area contributed by atoms with E-state index in [2.05, 4.69) is 68.0 Å². The number of anilines is 1. The Kier molecular flexibility index (Phi) is 6.31. The van der Waals surface area contributed by atoms with E-state index < -0.39 is 0 Å². The summed E-state index contributed by atoms with van der Waals surface area (Å²) in [5.74, 6) is 0.0241. The van der Waals surface area contributed by atoms with Crippen LogP contribution in [0.15, 0.2) is 48.5 Å². The third kappa shape index (κ3) is 4.73. The van der Waals surface area contributed by atoms with E-state index in [1.807, 2.05) is 25.1 Å². The lowest BCUT2D eigenvalue weighted by Gasteiger charge is -2.36. The number of nitrogens with zero attached hydrogens (tertiary/aromatic N) is 2. The molecular weight excluding hydrogens is 425 g/mol. The van der Waals surface area contributed by atoms with Crippen molar-refractivity contribution < 1.29 is 4.79 Å². The molecule has 1 heterocycles. The second-order valence-corrected chi connectivity index (χ2v) is 7.44. The maximum atomic E-state index is 12.4. The monoisotopic (exact) mass is 449 g/mol. The van der Waals surface area contributed by atoms with Gasteiger partial charge in [0.1, 0.15) is 0 Å². The van der Waals surface area contributed by atoms with E-state index >= 15 is 0 Å². The molecule has 5 heteroatoms. The number of para-hydroxylation sites is 1. The summed E-state index contributed by atoms with van der Waals surface area (Å²) in [5.41, 5.74) is 3.21. The van der Waals surface area contributed by atoms with Crippen LogP contribution in [-0.2, 0) is 0 Å². The van der Waals surface area contributed by atoms with Crippen molar-refractivity contribution in [2.24, 2.45) is 0 Å². The number of amides is 1. The first-order valence-electron chi connectivity index (χ1n) is 8.71. The minimum atomic E-state index is 0.0241. The summed E-state index contributed by atoms with van der Waals surface area (Å²) < 4.78 is 1.04. The number of nitrogens with one attached hydrogen (secondary N) is 1. The lowest BCUT2D eigenvalue weighted by Crippen LogP contribution is -2.48. The Hall–Kier alpha value is -1.60. The van der Waals surface area contributed by atoms with E-state index in [-0.39, 0.29) is 5.91 Å². The van der Waals surface area contributed by atoms with Gasteiger partial charge in [-0.2, -0.15) is 0 Å². The fraction of sp³-hybridized carbons (Fsp3) is 0.350. The van der Waals surface area contributed by atoms with Gasteiger partial charge in [-0.3, -0.25) is 9.69 Å². The van der Waals surface area contributed by atoms with Crippen molar-refractivity contribution in [2.45, 2.75) is 6.92 Å². The number of carbonyl (C=O) groups is 1. The number of halogens is 1. The SMILES string of the molecule is Cc1cccc(C(=O)NCCN2CCN(c3ccccc3)CC2)c1I. The summed E-state index contributed by atoms with van der Waals surface area (Å²) in [6.45, 7) is 7.76. The van der Waals surface area contributed by atoms with E-state index in [0.717, 1.165) is 47.4 Å². The van der Waals surface area contributed by atoms with Crippen LogP contribution in [-0.4, -0.2) is 50.1 Å². The Morgan fingerprint density at radius 1 is 1.04 bits per heavy atom. The lowest BCUT2D eigenvalue weighted by atomic mass is 10.1. The third-order valence-corrected chi connectivity index (χ3v) is 6.08. The van der Waals surface area contributed by atoms with Gasteiger partial charge in [-0.15, -0.1) is 0 Å². The van der Waals surface area contributed by atoms with Gasteiger partial charge < -0.3 is 10.2 Å². The molecule has 0 atom stereocenters. The normalized spacial score (nSPS) is 15.2. The minimum absolute atomic E-state index is 0.0241. The molecule has 1 aliphatic heterocycles. The molecule has 0 unspecified atom stereocenters. The van der Waals surface area contributed by atoms with Gasteiger partial charge in [0.2, 0.25) is 0 Å². The van der Waals surface area contributed by atoms with Gasteiger partial charge in [0.25, 0.3) is 5.91 Å². The van der Waals surface area contributed by atoms with E-state index in [1.165, 1.54) is 5.69 Å². The minimum Gasteiger partial charge on any atom is -0.369 e. The van der Waals surface area contributed by atoms with Crippen LogP contribution >= 0.6 is 22.6 Å². The number of carbonyl (C=O) groups excluding carboxylic acids is 1. The highest BCUT2D eigenvalue weighted by atomic mass is 127. The van der Waals surface area contributed by atoms with Gasteiger partial charge in [-0.05, 0) is 53.3 Å². The van der Waals surface area contributed by atoms with Gasteiger partial charge in [0.05, 0.1) is 5.56 Å². The highest BCUT2D eigenvalue weighted by molar-refractivity contribution is 14.1. The molecule has 1 N–H and O–H groups in total. The van der Waals surface area contributed by atoms with Crippen molar-refractivity contribution in [3.05, 3.63) is 63.2 Å². The van der Waals surface area contributed by atoms with Gasteiger partial charge in [-0.1, -0.05) is 30.3 Å². The van der Waals surface area contributed by atoms with Crippen LogP contribution < -0.4 is 10.2 Å². The Labute approximate surface area is 163 Å². The molecule has 0 aromatic heterocycles. The number of aryl methyl sites for hydroxylation is 1. The molecule has 0 radical (unpaired) electrons. The van der Waals surface area contributed by atoms with Gasteiger partial charge in [-0.25, -0.2) is 0 Å². The zero-order valence-corrected chi connectivity index (χ0v) is 16.7. The van der Waals surface area contributed by atoms with Gasteiger partial charge in [0, 0.05) is 48.5 Å². The molecule has 1 saturated heterocycles. The van der Waals surface area contributed by atoms with Crippen molar-refractivity contribution in [1.29, 1.82) is 0 Å². The van der Waals surface area contributed by atoms with E-state index in [0.29, 0.717) is 6.54 Å². The molecule has 1 aliphatic rings. The fourth-order valence-electron chi connectivity index (χ4n) is 3.11. The molecule has 25 heavy (non-hydrogen) atoms. The second kappa shape index (κ2) is 8.67. The standard InChI is InChI=1S/C20H24IN3O/c1-16-6-5-9-18(19(16)21)20(25)22-10-11-23-12-14-24(15-13-23)17-7-3-2-4-8-17/h2-9H,10-15H2,1H3,(H,22,25). The summed E-state index contributed by atoms with van der Waals surface area (Å²) in [5, 5.41) is 3.06. The Morgan fingerprint density at radius 2 is 1.76 bits per heavy atom. The Morgan fingerprint density at radius 3 is 2.48 bits per heavy atom. The van der Waals surface area contributed by atoms with Crippen LogP contribution in [0.3, 0.4) is 0 Å². The van der Waals surface area contributed by atoms with Gasteiger partial charge >= 0.3 is 0 Å². The third-order valence-electron chi connectivity index (χ3n) is 4.64. The fourth-order valence-corrected chi connectivity index (χ4v) is 3.72. The second-order valence-electron chi connectivity index (χ2n) is 6.36. The average Bonchev–Trinajstić information content (AvgIpc) is 2.65. The maximum Gasteiger partial charge on any atom is 0.252 e. The number of hydrogen-bond acceptors (Lipinski definition) is 3. The highest BCUT2D eigenvalue weighted by Crippen LogP contribution is 2.17. The summed E-state index contributed by atoms with van der Waals surface area (Å²) in [4.78, 5) is 17.2. The first-order valence-corrected chi connectivity index (χ1v) is 9.78. The zero-order chi connectivity index (χ0) is 17.6. The molecule has 1 fully saturated rings. The molecule has 2 aromatic rings. The van der Waals surface area contributed by atoms with Crippen LogP contribution in [0.25, 0.3) is 0 Å². The smallest absolute Gasteiger partial charge is 0.252 e. The maximum absolute atomic E-state index is 12.4. The van der Waals surface area contributed by atoms with Crippen molar-refractivity contribution in [1.82, 2.24) is 10.2 Å². The quantitative estimate of drug-likeness (QED) is 0.713. The lowest BCUT2D eigenvalue weighted by molar-refractivity contribution is 0.0947. The molecule has 0 aliphatic carbocycles. The first kappa shape index (κ1) is 18.2. The number of rotatable bonds is 5. The summed E-state index contributed by atoms with van der Waals surface area (Å²) in [6.07, 6.45) is 0. The molecule has 4 nitrogen and oxygen atoms in total. The predicted octanol–water partition coefficient (Wildman–Crippen LogP) is 3.15.